The van der Waals surface area contributed by atoms with Crippen LogP contribution in [-0.4, -0.2) is 28.9 Å². The van der Waals surface area contributed by atoms with Crippen molar-refractivity contribution in [2.45, 2.75) is 61.2 Å². The van der Waals surface area contributed by atoms with Gasteiger partial charge in [-0.2, -0.15) is 0 Å². The van der Waals surface area contributed by atoms with Gasteiger partial charge in [0.05, 0.1) is 27.7 Å². The van der Waals surface area contributed by atoms with E-state index in [-0.39, 0.29) is 35.4 Å². The Morgan fingerprint density at radius 1 is 0.679 bits per heavy atom. The zero-order valence-corrected chi connectivity index (χ0v) is 33.2. The number of nitrogens with zero attached hydrogens (tertiary/aromatic N) is 1. The van der Waals surface area contributed by atoms with Gasteiger partial charge in [-0.05, 0) is 89.0 Å². The van der Waals surface area contributed by atoms with Gasteiger partial charge in [-0.15, -0.1) is 0 Å². The van der Waals surface area contributed by atoms with Gasteiger partial charge in [0.15, 0.2) is 0 Å². The monoisotopic (exact) mass is 796 g/mol. The second kappa shape index (κ2) is 17.2. The van der Waals surface area contributed by atoms with Crippen LogP contribution in [0.2, 0.25) is 15.1 Å². The van der Waals surface area contributed by atoms with E-state index in [4.69, 9.17) is 46.4 Å². The first kappa shape index (κ1) is 41.3. The summed E-state index contributed by atoms with van der Waals surface area (Å²) in [5, 5.41) is 9.07. The average Bonchev–Trinajstić information content (AvgIpc) is 3.42. The van der Waals surface area contributed by atoms with Crippen molar-refractivity contribution >= 4 is 86.6 Å². The fourth-order valence-electron chi connectivity index (χ4n) is 4.99. The van der Waals surface area contributed by atoms with Crippen LogP contribution in [0, 0.1) is 10.8 Å². The zero-order valence-electron chi connectivity index (χ0n) is 30.1. The van der Waals surface area contributed by atoms with Crippen LogP contribution in [0.3, 0.4) is 0 Å². The zero-order chi connectivity index (χ0) is 39.2. The van der Waals surface area contributed by atoms with Crippen LogP contribution in [0.4, 0.5) is 11.4 Å². The van der Waals surface area contributed by atoms with Crippen LogP contribution in [0.1, 0.15) is 89.3 Å². The molecule has 13 heteroatoms. The van der Waals surface area contributed by atoms with Crippen molar-refractivity contribution in [1.82, 2.24) is 10.6 Å². The summed E-state index contributed by atoms with van der Waals surface area (Å²) in [5.74, 6) is -0.697. The molecule has 9 nitrogen and oxygen atoms in total. The molecule has 278 valence electrons. The highest BCUT2D eigenvalue weighted by molar-refractivity contribution is 6.68. The molecule has 4 aromatic rings. The molecule has 1 heterocycles. The number of benzene rings is 4. The van der Waals surface area contributed by atoms with Crippen LogP contribution < -0.4 is 20.9 Å². The number of carbonyl (C=O) groups excluding carboxylic acids is 5. The standard InChI is InChI=1S/C27H25Cl2N3O3.C13H15Cl2NO2/c1-27(2,3)26(35)30-14-16-4-11-23(29)22(12-16)24(33)31-19-8-5-17-15-32(25(34)21(17)13-19)20-9-6-18(28)7-10-20;1-13(2,3)12(18)16-7-8-4-5-10(14)9(6-8)11(15)17/h4-13H,14-15H2,1-3H3,(H,30,35)(H,31,33);4-6H,7H2,1-3H3,(H,16,18). The number of halogens is 4. The molecule has 0 radical (unpaired) electrons. The van der Waals surface area contributed by atoms with E-state index in [2.05, 4.69) is 16.0 Å². The first-order chi connectivity index (χ1) is 24.7. The molecular weight excluding hydrogens is 758 g/mol. The SMILES string of the molecule is CC(C)(C)C(=O)NCc1ccc(Cl)c(C(=O)Cl)c1.CC(C)(C)C(=O)NCc1ccc(Cl)c(C(=O)Nc2ccc3c(c2)C(=O)N(c2ccc(Cl)cc2)C3)c1. The van der Waals surface area contributed by atoms with E-state index in [1.807, 2.05) is 47.6 Å². The third kappa shape index (κ3) is 11.1. The summed E-state index contributed by atoms with van der Waals surface area (Å²) in [6.45, 7) is 12.1. The van der Waals surface area contributed by atoms with Crippen LogP contribution >= 0.6 is 46.4 Å². The molecule has 0 atom stereocenters. The Labute approximate surface area is 329 Å². The number of amides is 4. The Balaban J connectivity index is 0.000000294. The first-order valence-corrected chi connectivity index (χ1v) is 18.1. The van der Waals surface area contributed by atoms with Crippen molar-refractivity contribution in [3.63, 3.8) is 0 Å². The molecule has 0 spiro atoms. The third-order valence-corrected chi connectivity index (χ3v) is 9.21. The van der Waals surface area contributed by atoms with Crippen molar-refractivity contribution in [2.24, 2.45) is 10.8 Å². The van der Waals surface area contributed by atoms with E-state index in [0.717, 1.165) is 22.4 Å². The summed E-state index contributed by atoms with van der Waals surface area (Å²) in [6, 6.07) is 22.3. The van der Waals surface area contributed by atoms with Gasteiger partial charge in [-0.1, -0.05) is 94.5 Å². The lowest BCUT2D eigenvalue weighted by Gasteiger charge is -2.18. The van der Waals surface area contributed by atoms with Crippen molar-refractivity contribution in [3.05, 3.63) is 127 Å². The van der Waals surface area contributed by atoms with E-state index < -0.39 is 22.0 Å². The van der Waals surface area contributed by atoms with Gasteiger partial charge in [0.25, 0.3) is 17.1 Å². The van der Waals surface area contributed by atoms with Gasteiger partial charge in [0.1, 0.15) is 0 Å². The Hall–Kier alpha value is -4.41. The molecule has 0 aromatic heterocycles. The highest BCUT2D eigenvalue weighted by atomic mass is 35.5. The van der Waals surface area contributed by atoms with E-state index in [0.29, 0.717) is 39.4 Å². The molecule has 53 heavy (non-hydrogen) atoms. The first-order valence-electron chi connectivity index (χ1n) is 16.6. The Bertz CT molecular complexity index is 2050. The number of hydrogen-bond acceptors (Lipinski definition) is 5. The summed E-state index contributed by atoms with van der Waals surface area (Å²) >= 11 is 23.5. The van der Waals surface area contributed by atoms with Crippen molar-refractivity contribution in [2.75, 3.05) is 10.2 Å². The summed E-state index contributed by atoms with van der Waals surface area (Å²) in [6.07, 6.45) is 0. The largest absolute Gasteiger partial charge is 0.352 e. The van der Waals surface area contributed by atoms with Crippen LogP contribution in [0.15, 0.2) is 78.9 Å². The topological polar surface area (TPSA) is 125 Å². The van der Waals surface area contributed by atoms with Gasteiger partial charge in [0.2, 0.25) is 11.8 Å². The van der Waals surface area contributed by atoms with Crippen LogP contribution in [0.25, 0.3) is 0 Å². The molecule has 1 aliphatic heterocycles. The van der Waals surface area contributed by atoms with E-state index in [1.165, 1.54) is 0 Å². The maximum absolute atomic E-state index is 13.0. The van der Waals surface area contributed by atoms with Crippen molar-refractivity contribution in [1.29, 1.82) is 0 Å². The van der Waals surface area contributed by atoms with E-state index in [9.17, 15) is 24.0 Å². The molecule has 4 amide bonds. The minimum atomic E-state index is -0.607. The lowest BCUT2D eigenvalue weighted by Crippen LogP contribution is -2.34. The number of rotatable bonds is 8. The highest BCUT2D eigenvalue weighted by Crippen LogP contribution is 2.31. The van der Waals surface area contributed by atoms with Gasteiger partial charge >= 0.3 is 0 Å². The normalized spacial score (nSPS) is 12.3. The molecule has 4 aromatic carbocycles. The van der Waals surface area contributed by atoms with Crippen LogP contribution in [0.5, 0.6) is 0 Å². The third-order valence-electron chi connectivity index (χ3n) is 8.10. The smallest absolute Gasteiger partial charge is 0.259 e. The number of carbonyl (C=O) groups is 5. The number of hydrogen-bond donors (Lipinski definition) is 3. The number of anilines is 2. The highest BCUT2D eigenvalue weighted by Gasteiger charge is 2.29. The van der Waals surface area contributed by atoms with Gasteiger partial charge in [0, 0.05) is 45.9 Å². The van der Waals surface area contributed by atoms with Crippen molar-refractivity contribution < 1.29 is 24.0 Å². The Kier molecular flexibility index (Phi) is 13.4. The molecule has 3 N–H and O–H groups in total. The lowest BCUT2D eigenvalue weighted by molar-refractivity contribution is -0.129. The molecule has 0 fully saturated rings. The van der Waals surface area contributed by atoms with Gasteiger partial charge in [-0.25, -0.2) is 0 Å². The quantitative estimate of drug-likeness (QED) is 0.153. The lowest BCUT2D eigenvalue weighted by atomic mass is 9.95. The Morgan fingerprint density at radius 2 is 1.19 bits per heavy atom. The fraction of sp³-hybridized carbons (Fsp3) is 0.275. The molecule has 1 aliphatic rings. The minimum absolute atomic E-state index is 0.0591. The molecule has 0 saturated carbocycles. The average molecular weight is 799 g/mol. The van der Waals surface area contributed by atoms with Gasteiger partial charge < -0.3 is 20.9 Å². The Morgan fingerprint density at radius 3 is 1.70 bits per heavy atom. The summed E-state index contributed by atoms with van der Waals surface area (Å²) in [4.78, 5) is 62.6. The summed E-state index contributed by atoms with van der Waals surface area (Å²) in [5.41, 5.74) is 3.75. The molecule has 0 unspecified atom stereocenters. The number of nitrogens with one attached hydrogen (secondary N) is 3. The summed E-state index contributed by atoms with van der Waals surface area (Å²) in [7, 11) is 0. The van der Waals surface area contributed by atoms with E-state index in [1.54, 1.807) is 77.7 Å². The molecule has 0 bridgehead atoms. The fourth-order valence-corrected chi connectivity index (χ4v) is 5.73. The predicted molar refractivity (Wildman–Crippen MR) is 212 cm³/mol. The second-order valence-electron chi connectivity index (χ2n) is 14.5. The molecule has 5 rings (SSSR count). The summed E-state index contributed by atoms with van der Waals surface area (Å²) < 4.78 is 0. The maximum atomic E-state index is 13.0. The minimum Gasteiger partial charge on any atom is -0.352 e. The number of fused-ring (bicyclic) bond motifs is 1. The van der Waals surface area contributed by atoms with Crippen LogP contribution in [-0.2, 0) is 29.2 Å². The maximum Gasteiger partial charge on any atom is 0.259 e. The molecule has 0 aliphatic carbocycles. The molecule has 0 saturated heterocycles. The predicted octanol–water partition coefficient (Wildman–Crippen LogP) is 9.45. The molecular formula is C40H40Cl4N4O5. The van der Waals surface area contributed by atoms with E-state index >= 15 is 0 Å². The van der Waals surface area contributed by atoms with Gasteiger partial charge in [-0.3, -0.25) is 24.0 Å². The van der Waals surface area contributed by atoms with Crippen molar-refractivity contribution in [3.8, 4) is 0 Å². The second-order valence-corrected chi connectivity index (χ2v) is 16.1.